The summed E-state index contributed by atoms with van der Waals surface area (Å²) in [6.07, 6.45) is 0.857. The number of amides is 1. The van der Waals surface area contributed by atoms with E-state index in [1.165, 1.54) is 6.07 Å². The van der Waals surface area contributed by atoms with E-state index < -0.39 is 17.5 Å². The normalized spacial score (nSPS) is 19.9. The van der Waals surface area contributed by atoms with Gasteiger partial charge in [-0.15, -0.1) is 0 Å². The summed E-state index contributed by atoms with van der Waals surface area (Å²) in [6, 6.07) is 2.52. The molecule has 0 saturated carbocycles. The van der Waals surface area contributed by atoms with E-state index in [1.807, 2.05) is 0 Å². The second-order valence-electron chi connectivity index (χ2n) is 6.07. The van der Waals surface area contributed by atoms with Gasteiger partial charge in [-0.3, -0.25) is 4.79 Å². The number of halogens is 3. The molecule has 1 N–H and O–H groups in total. The molecular weight excluding hydrogens is 314 g/mol. The van der Waals surface area contributed by atoms with Crippen molar-refractivity contribution < 1.29 is 18.3 Å². The number of ether oxygens (including phenoxy) is 1. The van der Waals surface area contributed by atoms with E-state index in [0.717, 1.165) is 12.5 Å². The summed E-state index contributed by atoms with van der Waals surface area (Å²) < 4.78 is 33.2. The molecular formula is C15H13ClF2N2O2. The van der Waals surface area contributed by atoms with Crippen LogP contribution in [0.3, 0.4) is 0 Å². The molecule has 0 bridgehead atoms. The van der Waals surface area contributed by atoms with Crippen molar-refractivity contribution in [3.8, 4) is 0 Å². The second kappa shape index (κ2) is 4.67. The lowest BCUT2D eigenvalue weighted by atomic mass is 9.85. The van der Waals surface area contributed by atoms with Crippen molar-refractivity contribution in [3.63, 3.8) is 0 Å². The van der Waals surface area contributed by atoms with Gasteiger partial charge in [0.05, 0.1) is 29.1 Å². The van der Waals surface area contributed by atoms with Gasteiger partial charge in [0.15, 0.2) is 5.82 Å². The zero-order chi connectivity index (χ0) is 15.5. The summed E-state index contributed by atoms with van der Waals surface area (Å²) >= 11 is 5.81. The lowest BCUT2D eigenvalue weighted by Gasteiger charge is -2.37. The van der Waals surface area contributed by atoms with E-state index in [9.17, 15) is 13.6 Å². The molecule has 116 valence electrons. The largest absolute Gasteiger partial charge is 0.380 e. The number of aromatic nitrogens is 1. The molecule has 4 rings (SSSR count). The summed E-state index contributed by atoms with van der Waals surface area (Å²) in [6.45, 7) is 2.41. The zero-order valence-corrected chi connectivity index (χ0v) is 12.3. The number of hydrogen-bond acceptors (Lipinski definition) is 2. The van der Waals surface area contributed by atoms with Gasteiger partial charge in [0, 0.05) is 18.5 Å². The van der Waals surface area contributed by atoms with Gasteiger partial charge in [-0.25, -0.2) is 8.78 Å². The van der Waals surface area contributed by atoms with Crippen LogP contribution < -0.4 is 0 Å². The number of aromatic amines is 1. The van der Waals surface area contributed by atoms with E-state index in [0.29, 0.717) is 31.8 Å². The van der Waals surface area contributed by atoms with E-state index in [2.05, 4.69) is 4.98 Å². The van der Waals surface area contributed by atoms with E-state index in [1.54, 1.807) is 4.90 Å². The summed E-state index contributed by atoms with van der Waals surface area (Å²) in [5, 5.41) is -0.388. The van der Waals surface area contributed by atoms with Crippen LogP contribution in [0.1, 0.15) is 16.9 Å². The van der Waals surface area contributed by atoms with Crippen molar-refractivity contribution in [1.82, 2.24) is 9.88 Å². The maximum Gasteiger partial charge on any atom is 0.273 e. The Morgan fingerprint density at radius 3 is 2.77 bits per heavy atom. The molecule has 1 amide bonds. The van der Waals surface area contributed by atoms with Gasteiger partial charge in [0.1, 0.15) is 11.5 Å². The third kappa shape index (κ3) is 1.87. The first kappa shape index (κ1) is 14.0. The molecule has 7 heteroatoms. The standard InChI is InChI=1S/C15H13ClF2N2O2/c16-11-8(17)1-2-9-10(11)12(18)13(19-9)14(21)20-4-3-15(5-20)6-22-7-15/h1-2,19H,3-7H2. The Morgan fingerprint density at radius 1 is 1.36 bits per heavy atom. The fourth-order valence-corrected chi connectivity index (χ4v) is 3.47. The number of benzene rings is 1. The van der Waals surface area contributed by atoms with Crippen molar-refractivity contribution in [2.24, 2.45) is 5.41 Å². The minimum atomic E-state index is -0.796. The molecule has 3 heterocycles. The number of nitrogens with zero attached hydrogens (tertiary/aromatic N) is 1. The Kier molecular flexibility index (Phi) is 2.96. The Hall–Kier alpha value is -1.66. The fourth-order valence-electron chi connectivity index (χ4n) is 3.22. The molecule has 22 heavy (non-hydrogen) atoms. The number of fused-ring (bicyclic) bond motifs is 1. The predicted octanol–water partition coefficient (Wildman–Crippen LogP) is 2.96. The van der Waals surface area contributed by atoms with Gasteiger partial charge in [0.25, 0.3) is 5.91 Å². The smallest absolute Gasteiger partial charge is 0.273 e. The topological polar surface area (TPSA) is 45.3 Å². The molecule has 2 aliphatic heterocycles. The van der Waals surface area contributed by atoms with Crippen LogP contribution in [0.25, 0.3) is 10.9 Å². The average molecular weight is 327 g/mol. The number of carbonyl (C=O) groups excluding carboxylic acids is 1. The van der Waals surface area contributed by atoms with E-state index >= 15 is 0 Å². The number of nitrogens with one attached hydrogen (secondary N) is 1. The monoisotopic (exact) mass is 326 g/mol. The molecule has 2 aliphatic rings. The lowest BCUT2D eigenvalue weighted by Crippen LogP contribution is -2.45. The summed E-state index contributed by atoms with van der Waals surface area (Å²) in [5.41, 5.74) is 0.176. The molecule has 2 saturated heterocycles. The maximum atomic E-state index is 14.5. The van der Waals surface area contributed by atoms with Gasteiger partial charge >= 0.3 is 0 Å². The predicted molar refractivity (Wildman–Crippen MR) is 77.0 cm³/mol. The van der Waals surface area contributed by atoms with Gasteiger partial charge in [-0.1, -0.05) is 11.6 Å². The Labute approximate surface area is 130 Å². The molecule has 1 aromatic carbocycles. The quantitative estimate of drug-likeness (QED) is 0.875. The number of likely N-dealkylation sites (tertiary alicyclic amines) is 1. The Morgan fingerprint density at radius 2 is 2.14 bits per heavy atom. The molecule has 2 fully saturated rings. The molecule has 2 aromatic rings. The molecule has 0 aliphatic carbocycles. The number of rotatable bonds is 1. The molecule has 1 spiro atoms. The Bertz CT molecular complexity index is 785. The van der Waals surface area contributed by atoms with Crippen molar-refractivity contribution in [2.75, 3.05) is 26.3 Å². The van der Waals surface area contributed by atoms with Gasteiger partial charge < -0.3 is 14.6 Å². The van der Waals surface area contributed by atoms with Crippen LogP contribution in [-0.4, -0.2) is 42.1 Å². The van der Waals surface area contributed by atoms with Crippen molar-refractivity contribution in [3.05, 3.63) is 34.5 Å². The van der Waals surface area contributed by atoms with Gasteiger partial charge in [-0.2, -0.15) is 0 Å². The highest BCUT2D eigenvalue weighted by Gasteiger charge is 2.46. The van der Waals surface area contributed by atoms with Gasteiger partial charge in [-0.05, 0) is 18.6 Å². The minimum Gasteiger partial charge on any atom is -0.380 e. The highest BCUT2D eigenvalue weighted by molar-refractivity contribution is 6.35. The average Bonchev–Trinajstić information content (AvgIpc) is 3.05. The molecule has 0 atom stereocenters. The van der Waals surface area contributed by atoms with Crippen LogP contribution in [0.2, 0.25) is 5.02 Å². The zero-order valence-electron chi connectivity index (χ0n) is 11.6. The summed E-state index contributed by atoms with van der Waals surface area (Å²) in [5.74, 6) is -1.93. The lowest BCUT2D eigenvalue weighted by molar-refractivity contribution is -0.103. The summed E-state index contributed by atoms with van der Waals surface area (Å²) in [4.78, 5) is 16.9. The van der Waals surface area contributed by atoms with Crippen LogP contribution in [0.5, 0.6) is 0 Å². The fraction of sp³-hybridized carbons (Fsp3) is 0.400. The summed E-state index contributed by atoms with van der Waals surface area (Å²) in [7, 11) is 0. The SMILES string of the molecule is O=C(c1[nH]c2ccc(F)c(Cl)c2c1F)N1CCC2(COC2)C1. The van der Waals surface area contributed by atoms with E-state index in [4.69, 9.17) is 16.3 Å². The van der Waals surface area contributed by atoms with Crippen LogP contribution >= 0.6 is 11.6 Å². The molecule has 0 unspecified atom stereocenters. The van der Waals surface area contributed by atoms with Crippen LogP contribution in [0.4, 0.5) is 8.78 Å². The number of hydrogen-bond donors (Lipinski definition) is 1. The van der Waals surface area contributed by atoms with Crippen molar-refractivity contribution in [2.45, 2.75) is 6.42 Å². The van der Waals surface area contributed by atoms with Crippen LogP contribution in [-0.2, 0) is 4.74 Å². The third-order valence-electron chi connectivity index (χ3n) is 4.55. The Balaban J connectivity index is 1.70. The molecule has 0 radical (unpaired) electrons. The first-order chi connectivity index (χ1) is 10.5. The maximum absolute atomic E-state index is 14.5. The van der Waals surface area contributed by atoms with Gasteiger partial charge in [0.2, 0.25) is 0 Å². The highest BCUT2D eigenvalue weighted by Crippen LogP contribution is 2.38. The van der Waals surface area contributed by atoms with Crippen LogP contribution in [0.15, 0.2) is 12.1 Å². The first-order valence-electron chi connectivity index (χ1n) is 7.03. The number of carbonyl (C=O) groups is 1. The van der Waals surface area contributed by atoms with E-state index in [-0.39, 0.29) is 21.5 Å². The van der Waals surface area contributed by atoms with Crippen molar-refractivity contribution >= 4 is 28.4 Å². The van der Waals surface area contributed by atoms with Crippen molar-refractivity contribution in [1.29, 1.82) is 0 Å². The minimum absolute atomic E-state index is 0.0297. The molecule has 4 nitrogen and oxygen atoms in total. The first-order valence-corrected chi connectivity index (χ1v) is 7.41. The highest BCUT2D eigenvalue weighted by atomic mass is 35.5. The molecule has 1 aromatic heterocycles. The third-order valence-corrected chi connectivity index (χ3v) is 4.92. The number of H-pyrrole nitrogens is 1. The van der Waals surface area contributed by atoms with Crippen LogP contribution in [0, 0.1) is 17.0 Å². The second-order valence-corrected chi connectivity index (χ2v) is 6.45.